The first kappa shape index (κ1) is 28.8. The lowest BCUT2D eigenvalue weighted by Gasteiger charge is -2.39. The maximum Gasteiger partial charge on any atom is 0.325 e. The predicted molar refractivity (Wildman–Crippen MR) is 135 cm³/mol. The summed E-state index contributed by atoms with van der Waals surface area (Å²) in [4.78, 5) is 28.6. The van der Waals surface area contributed by atoms with E-state index in [0.29, 0.717) is 17.7 Å². The number of benzene rings is 3. The van der Waals surface area contributed by atoms with Crippen LogP contribution in [-0.4, -0.2) is 42.2 Å². The zero-order valence-electron chi connectivity index (χ0n) is 21.6. The van der Waals surface area contributed by atoms with E-state index in [0.717, 1.165) is 17.0 Å². The minimum Gasteiger partial charge on any atom is -0.490 e. The first-order valence-electron chi connectivity index (χ1n) is 12.3. The van der Waals surface area contributed by atoms with Crippen molar-refractivity contribution in [2.45, 2.75) is 32.5 Å². The van der Waals surface area contributed by atoms with Gasteiger partial charge in [-0.3, -0.25) is 9.69 Å². The van der Waals surface area contributed by atoms with E-state index in [4.69, 9.17) is 9.84 Å². The Morgan fingerprint density at radius 1 is 1.00 bits per heavy atom. The topological polar surface area (TPSA) is 82.1 Å². The number of nitrogens with one attached hydrogen (secondary N) is 1. The number of hydrogen-bond donors (Lipinski definition) is 2. The third-order valence-electron chi connectivity index (χ3n) is 6.71. The molecule has 0 aliphatic carbocycles. The van der Waals surface area contributed by atoms with E-state index in [1.807, 2.05) is 0 Å². The summed E-state index contributed by atoms with van der Waals surface area (Å²) in [6, 6.07) is 6.45. The maximum atomic E-state index is 15.2. The Labute approximate surface area is 226 Å². The molecule has 0 radical (unpaired) electrons. The van der Waals surface area contributed by atoms with Gasteiger partial charge < -0.3 is 20.1 Å². The van der Waals surface area contributed by atoms with E-state index in [1.54, 1.807) is 13.0 Å². The van der Waals surface area contributed by atoms with Crippen molar-refractivity contribution in [1.29, 1.82) is 0 Å². The zero-order chi connectivity index (χ0) is 29.1. The van der Waals surface area contributed by atoms with Crippen LogP contribution in [0.1, 0.15) is 46.4 Å². The highest BCUT2D eigenvalue weighted by Crippen LogP contribution is 2.38. The fraction of sp³-hybridized carbons (Fsp3) is 0.286. The van der Waals surface area contributed by atoms with Gasteiger partial charge in [0, 0.05) is 55.4 Å². The summed E-state index contributed by atoms with van der Waals surface area (Å²) in [7, 11) is 1.52. The van der Waals surface area contributed by atoms with Gasteiger partial charge in [0.15, 0.2) is 11.6 Å². The molecule has 3 amide bonds. The molecule has 3 aromatic rings. The van der Waals surface area contributed by atoms with Gasteiger partial charge in [0.2, 0.25) is 0 Å². The molecule has 212 valence electrons. The zero-order valence-corrected chi connectivity index (χ0v) is 21.6. The number of hydrogen-bond acceptors (Lipinski definition) is 4. The summed E-state index contributed by atoms with van der Waals surface area (Å²) >= 11 is 0. The van der Waals surface area contributed by atoms with Crippen molar-refractivity contribution in [3.63, 3.8) is 0 Å². The van der Waals surface area contributed by atoms with Gasteiger partial charge in [0.05, 0.1) is 24.9 Å². The van der Waals surface area contributed by atoms with Crippen molar-refractivity contribution in [3.8, 4) is 5.75 Å². The number of carbonyl (C=O) groups excluding carboxylic acids is 2. The number of aliphatic hydroxyl groups excluding tert-OH is 1. The Morgan fingerprint density at radius 2 is 1.70 bits per heavy atom. The number of halogens is 5. The summed E-state index contributed by atoms with van der Waals surface area (Å²) in [6.45, 7) is 0.450. The van der Waals surface area contributed by atoms with Crippen LogP contribution in [0, 0.1) is 29.1 Å². The highest BCUT2D eigenvalue weighted by molar-refractivity contribution is 5.99. The first-order valence-corrected chi connectivity index (χ1v) is 12.3. The highest BCUT2D eigenvalue weighted by Gasteiger charge is 2.35. The number of aliphatic hydroxyl groups is 1. The van der Waals surface area contributed by atoms with Crippen molar-refractivity contribution in [2.24, 2.45) is 0 Å². The lowest BCUT2D eigenvalue weighted by molar-refractivity contribution is 0.0950. The summed E-state index contributed by atoms with van der Waals surface area (Å²) in [5, 5.41) is 11.3. The lowest BCUT2D eigenvalue weighted by Crippen LogP contribution is -2.47. The number of ether oxygens (including phenoxy) is 1. The van der Waals surface area contributed by atoms with Gasteiger partial charge >= 0.3 is 6.03 Å². The smallest absolute Gasteiger partial charge is 0.325 e. The fourth-order valence-corrected chi connectivity index (χ4v) is 4.34. The van der Waals surface area contributed by atoms with Gasteiger partial charge in [0.1, 0.15) is 23.3 Å². The van der Waals surface area contributed by atoms with Gasteiger partial charge in [-0.05, 0) is 36.8 Å². The Kier molecular flexibility index (Phi) is 8.58. The van der Waals surface area contributed by atoms with Gasteiger partial charge in [-0.15, -0.1) is 0 Å². The van der Waals surface area contributed by atoms with Gasteiger partial charge in [-0.1, -0.05) is 6.07 Å². The molecule has 7 nitrogen and oxygen atoms in total. The fourth-order valence-electron chi connectivity index (χ4n) is 4.34. The summed E-state index contributed by atoms with van der Waals surface area (Å²) < 4.78 is 76.5. The summed E-state index contributed by atoms with van der Waals surface area (Å²) in [5.74, 6) is -6.34. The average molecular weight is 564 g/mol. The van der Waals surface area contributed by atoms with Crippen LogP contribution < -0.4 is 15.0 Å². The van der Waals surface area contributed by atoms with Crippen molar-refractivity contribution in [2.75, 3.05) is 25.2 Å². The number of amides is 3. The third-order valence-corrected chi connectivity index (χ3v) is 6.71. The van der Waals surface area contributed by atoms with E-state index in [-0.39, 0.29) is 36.6 Å². The second-order valence-corrected chi connectivity index (χ2v) is 9.22. The molecule has 0 saturated carbocycles. The molecule has 0 bridgehead atoms. The molecule has 1 unspecified atom stereocenters. The second-order valence-electron chi connectivity index (χ2n) is 9.22. The number of rotatable bonds is 9. The summed E-state index contributed by atoms with van der Waals surface area (Å²) in [6.07, 6.45) is 0.234. The van der Waals surface area contributed by atoms with E-state index >= 15 is 4.39 Å². The van der Waals surface area contributed by atoms with Crippen LogP contribution in [0.4, 0.5) is 32.4 Å². The largest absolute Gasteiger partial charge is 0.490 e. The van der Waals surface area contributed by atoms with E-state index in [9.17, 15) is 27.2 Å². The second kappa shape index (κ2) is 11.9. The Morgan fingerprint density at radius 3 is 2.38 bits per heavy atom. The van der Waals surface area contributed by atoms with Crippen LogP contribution >= 0.6 is 0 Å². The van der Waals surface area contributed by atoms with Gasteiger partial charge in [-0.25, -0.2) is 26.7 Å². The Balaban J connectivity index is 1.64. The SMILES string of the molecule is CC1c2ccc(C(=O)NCc3c(F)cc(F)cc3F)cc2N(Cc2c(F)ccc(OCCCO)c2F)C(=O)N1C. The molecule has 0 spiro atoms. The van der Waals surface area contributed by atoms with Crippen molar-refractivity contribution in [1.82, 2.24) is 10.2 Å². The standard InChI is InChI=1S/C28H26F5N3O4/c1-15-18-5-4-16(27(38)34-13-19-22(31)11-17(29)12-23(19)32)10-24(18)36(28(39)35(15)2)14-20-21(30)6-7-25(26(20)33)40-9-3-8-37/h4-7,10-12,15,37H,3,8-9,13-14H2,1-2H3,(H,34,38). The molecule has 1 heterocycles. The monoisotopic (exact) mass is 563 g/mol. The third kappa shape index (κ3) is 5.71. The molecular formula is C28H26F5N3O4. The molecule has 0 saturated heterocycles. The van der Waals surface area contributed by atoms with Gasteiger partial charge in [-0.2, -0.15) is 0 Å². The number of carbonyl (C=O) groups is 2. The molecule has 1 aliphatic rings. The molecule has 1 atom stereocenters. The Bertz CT molecular complexity index is 1430. The van der Waals surface area contributed by atoms with Crippen molar-refractivity contribution in [3.05, 3.63) is 93.8 Å². The van der Waals surface area contributed by atoms with Crippen LogP contribution in [0.5, 0.6) is 5.75 Å². The van der Waals surface area contributed by atoms with Crippen LogP contribution in [-0.2, 0) is 13.1 Å². The predicted octanol–water partition coefficient (Wildman–Crippen LogP) is 5.21. The summed E-state index contributed by atoms with van der Waals surface area (Å²) in [5.41, 5.74) is -0.163. The molecule has 0 fully saturated rings. The quantitative estimate of drug-likeness (QED) is 0.277. The van der Waals surface area contributed by atoms with E-state index in [1.165, 1.54) is 24.1 Å². The molecular weight excluding hydrogens is 537 g/mol. The van der Waals surface area contributed by atoms with Crippen molar-refractivity contribution < 1.29 is 41.4 Å². The lowest BCUT2D eigenvalue weighted by atomic mass is 9.98. The van der Waals surface area contributed by atoms with Crippen LogP contribution in [0.25, 0.3) is 0 Å². The van der Waals surface area contributed by atoms with Crippen LogP contribution in [0.15, 0.2) is 42.5 Å². The van der Waals surface area contributed by atoms with Crippen LogP contribution in [0.2, 0.25) is 0 Å². The minimum absolute atomic E-state index is 0.00554. The van der Waals surface area contributed by atoms with E-state index in [2.05, 4.69) is 5.32 Å². The maximum absolute atomic E-state index is 15.2. The molecule has 1 aliphatic heterocycles. The number of nitrogens with zero attached hydrogens (tertiary/aromatic N) is 2. The molecule has 12 heteroatoms. The molecule has 4 rings (SSSR count). The average Bonchev–Trinajstić information content (AvgIpc) is 2.91. The van der Waals surface area contributed by atoms with Crippen LogP contribution in [0.3, 0.4) is 0 Å². The Hall–Kier alpha value is -4.19. The minimum atomic E-state index is -1.16. The van der Waals surface area contributed by atoms with E-state index < -0.39 is 71.3 Å². The van der Waals surface area contributed by atoms with Gasteiger partial charge in [0.25, 0.3) is 5.91 Å². The molecule has 40 heavy (non-hydrogen) atoms. The number of fused-ring (bicyclic) bond motifs is 1. The molecule has 3 aromatic carbocycles. The highest BCUT2D eigenvalue weighted by atomic mass is 19.2. The first-order chi connectivity index (χ1) is 19.0. The molecule has 2 N–H and O–H groups in total. The normalized spacial score (nSPS) is 14.8. The number of urea groups is 1. The van der Waals surface area contributed by atoms with Crippen molar-refractivity contribution >= 4 is 17.6 Å². The molecule has 0 aromatic heterocycles. The number of anilines is 1.